The van der Waals surface area contributed by atoms with Crippen molar-refractivity contribution in [3.05, 3.63) is 60.5 Å². The van der Waals surface area contributed by atoms with Gasteiger partial charge in [0.2, 0.25) is 5.91 Å². The fourth-order valence-electron chi connectivity index (χ4n) is 4.14. The van der Waals surface area contributed by atoms with Crippen molar-refractivity contribution in [2.24, 2.45) is 5.92 Å². The molecule has 3 heterocycles. The van der Waals surface area contributed by atoms with Crippen molar-refractivity contribution in [2.75, 3.05) is 13.1 Å². The van der Waals surface area contributed by atoms with Crippen LogP contribution in [0.4, 0.5) is 0 Å². The quantitative estimate of drug-likeness (QED) is 0.794. The number of carbonyl (C=O) groups is 1. The Morgan fingerprint density at radius 3 is 2.77 bits per heavy atom. The van der Waals surface area contributed by atoms with E-state index in [9.17, 15) is 4.79 Å². The number of aromatic nitrogens is 3. The molecule has 1 aliphatic carbocycles. The number of imidazole rings is 1. The van der Waals surface area contributed by atoms with E-state index < -0.39 is 0 Å². The third-order valence-corrected chi connectivity index (χ3v) is 5.61. The summed E-state index contributed by atoms with van der Waals surface area (Å²) >= 11 is 0. The van der Waals surface area contributed by atoms with E-state index in [1.54, 1.807) is 6.20 Å². The van der Waals surface area contributed by atoms with Crippen molar-refractivity contribution >= 4 is 5.91 Å². The minimum atomic E-state index is 0.198. The van der Waals surface area contributed by atoms with Gasteiger partial charge in [0, 0.05) is 49.7 Å². The Hall–Kier alpha value is -2.43. The van der Waals surface area contributed by atoms with Crippen LogP contribution in [0.2, 0.25) is 0 Å². The van der Waals surface area contributed by atoms with Gasteiger partial charge in [0.25, 0.3) is 0 Å². The summed E-state index contributed by atoms with van der Waals surface area (Å²) in [6, 6.07) is 4.06. The van der Waals surface area contributed by atoms with E-state index in [-0.39, 0.29) is 5.92 Å². The molecule has 1 amide bonds. The van der Waals surface area contributed by atoms with Gasteiger partial charge in [-0.3, -0.25) is 9.78 Å². The number of hydrogen-bond acceptors (Lipinski definition) is 3. The van der Waals surface area contributed by atoms with Crippen molar-refractivity contribution in [3.8, 4) is 0 Å². The van der Waals surface area contributed by atoms with E-state index in [2.05, 4.69) is 37.7 Å². The summed E-state index contributed by atoms with van der Waals surface area (Å²) < 4.78 is 2.23. The maximum Gasteiger partial charge on any atom is 0.226 e. The maximum absolute atomic E-state index is 12.7. The van der Waals surface area contributed by atoms with Crippen molar-refractivity contribution < 1.29 is 4.79 Å². The molecular weight excluding hydrogens is 324 g/mol. The smallest absolute Gasteiger partial charge is 0.226 e. The first kappa shape index (κ1) is 17.0. The summed E-state index contributed by atoms with van der Waals surface area (Å²) in [6.45, 7) is 2.50. The van der Waals surface area contributed by atoms with Crippen LogP contribution in [0.1, 0.15) is 49.4 Å². The van der Waals surface area contributed by atoms with Gasteiger partial charge in [0.15, 0.2) is 0 Å². The summed E-state index contributed by atoms with van der Waals surface area (Å²) in [5.74, 6) is 2.12. The lowest BCUT2D eigenvalue weighted by Crippen LogP contribution is -2.41. The highest BCUT2D eigenvalue weighted by atomic mass is 16.2. The monoisotopic (exact) mass is 350 g/mol. The highest BCUT2D eigenvalue weighted by Gasteiger charge is 2.30. The van der Waals surface area contributed by atoms with Crippen LogP contribution in [-0.4, -0.2) is 38.4 Å². The summed E-state index contributed by atoms with van der Waals surface area (Å²) in [5.41, 5.74) is 1.18. The number of likely N-dealkylation sites (tertiary alicyclic amines) is 1. The first-order chi connectivity index (χ1) is 12.8. The average Bonchev–Trinajstić information content (AvgIpc) is 3.17. The highest BCUT2D eigenvalue weighted by molar-refractivity contribution is 5.79. The molecule has 2 aliphatic rings. The van der Waals surface area contributed by atoms with Crippen LogP contribution in [0, 0.1) is 5.92 Å². The molecule has 1 atom stereocenters. The molecule has 0 spiro atoms. The number of nitrogens with zero attached hydrogens (tertiary/aromatic N) is 4. The Morgan fingerprint density at radius 2 is 2.04 bits per heavy atom. The lowest BCUT2D eigenvalue weighted by atomic mass is 9.90. The molecular formula is C21H26N4O. The van der Waals surface area contributed by atoms with Gasteiger partial charge in [0.05, 0.1) is 6.54 Å². The third kappa shape index (κ3) is 3.71. The second-order valence-corrected chi connectivity index (χ2v) is 7.36. The van der Waals surface area contributed by atoms with Crippen LogP contribution in [0.3, 0.4) is 0 Å². The van der Waals surface area contributed by atoms with Crippen LogP contribution in [0.25, 0.3) is 0 Å². The highest BCUT2D eigenvalue weighted by Crippen LogP contribution is 2.29. The molecule has 0 radical (unpaired) electrons. The fraction of sp³-hybridized carbons (Fsp3) is 0.476. The van der Waals surface area contributed by atoms with Gasteiger partial charge < -0.3 is 9.47 Å². The number of carbonyl (C=O) groups excluding carboxylic acids is 1. The summed E-state index contributed by atoms with van der Waals surface area (Å²) in [6.07, 6.45) is 16.9. The summed E-state index contributed by atoms with van der Waals surface area (Å²) in [5, 5.41) is 0. The van der Waals surface area contributed by atoms with Crippen molar-refractivity contribution in [1.29, 1.82) is 0 Å². The molecule has 0 unspecified atom stereocenters. The van der Waals surface area contributed by atoms with Gasteiger partial charge in [-0.25, -0.2) is 4.98 Å². The standard InChI is InChI=1S/C21H26N4O/c26-21(19-6-2-1-3-7-19)24-12-8-18(9-13-24)20-23-11-14-25(20)16-17-5-4-10-22-15-17/h1-2,4-5,10-11,14-15,18-19H,3,6-9,12-13,16H2/t19-/m0/s1. The second-order valence-electron chi connectivity index (χ2n) is 7.36. The van der Waals surface area contributed by atoms with Gasteiger partial charge in [-0.05, 0) is 43.7 Å². The van der Waals surface area contributed by atoms with Crippen LogP contribution >= 0.6 is 0 Å². The Kier molecular flexibility index (Phi) is 5.14. The second kappa shape index (κ2) is 7.85. The Balaban J connectivity index is 1.37. The molecule has 2 aromatic rings. The minimum absolute atomic E-state index is 0.198. The first-order valence-electron chi connectivity index (χ1n) is 9.65. The van der Waals surface area contributed by atoms with E-state index in [4.69, 9.17) is 0 Å². The van der Waals surface area contributed by atoms with E-state index in [1.165, 1.54) is 5.56 Å². The van der Waals surface area contributed by atoms with Crippen LogP contribution in [-0.2, 0) is 11.3 Å². The van der Waals surface area contributed by atoms with Crippen LogP contribution in [0.5, 0.6) is 0 Å². The van der Waals surface area contributed by atoms with Gasteiger partial charge in [-0.15, -0.1) is 0 Å². The third-order valence-electron chi connectivity index (χ3n) is 5.61. The van der Waals surface area contributed by atoms with Gasteiger partial charge in [-0.1, -0.05) is 18.2 Å². The lowest BCUT2D eigenvalue weighted by molar-refractivity contribution is -0.136. The molecule has 4 rings (SSSR count). The largest absolute Gasteiger partial charge is 0.342 e. The molecule has 5 nitrogen and oxygen atoms in total. The Morgan fingerprint density at radius 1 is 1.15 bits per heavy atom. The molecule has 2 aromatic heterocycles. The zero-order chi connectivity index (χ0) is 17.8. The Bertz CT molecular complexity index is 759. The molecule has 0 saturated carbocycles. The van der Waals surface area contributed by atoms with E-state index >= 15 is 0 Å². The summed E-state index contributed by atoms with van der Waals surface area (Å²) in [4.78, 5) is 23.6. The van der Waals surface area contributed by atoms with E-state index in [1.807, 2.05) is 24.7 Å². The minimum Gasteiger partial charge on any atom is -0.342 e. The zero-order valence-electron chi connectivity index (χ0n) is 15.1. The normalized spacial score (nSPS) is 21.1. The predicted octanol–water partition coefficient (Wildman–Crippen LogP) is 3.39. The average molecular weight is 350 g/mol. The number of allylic oxidation sites excluding steroid dienone is 2. The molecule has 1 fully saturated rings. The van der Waals surface area contributed by atoms with Crippen molar-refractivity contribution in [1.82, 2.24) is 19.4 Å². The molecule has 0 N–H and O–H groups in total. The van der Waals surface area contributed by atoms with Crippen LogP contribution < -0.4 is 0 Å². The van der Waals surface area contributed by atoms with Crippen molar-refractivity contribution in [3.63, 3.8) is 0 Å². The molecule has 1 aliphatic heterocycles. The zero-order valence-corrected chi connectivity index (χ0v) is 15.1. The molecule has 136 valence electrons. The van der Waals surface area contributed by atoms with E-state index in [0.29, 0.717) is 11.8 Å². The summed E-state index contributed by atoms with van der Waals surface area (Å²) in [7, 11) is 0. The number of piperidine rings is 1. The maximum atomic E-state index is 12.7. The molecule has 0 bridgehead atoms. The van der Waals surface area contributed by atoms with E-state index in [0.717, 1.165) is 57.6 Å². The number of hydrogen-bond donors (Lipinski definition) is 0. The number of amides is 1. The fourth-order valence-corrected chi connectivity index (χ4v) is 4.14. The van der Waals surface area contributed by atoms with Crippen LogP contribution in [0.15, 0.2) is 49.1 Å². The van der Waals surface area contributed by atoms with Gasteiger partial charge in [0.1, 0.15) is 5.82 Å². The molecule has 5 heteroatoms. The Labute approximate surface area is 154 Å². The first-order valence-corrected chi connectivity index (χ1v) is 9.65. The molecule has 1 saturated heterocycles. The molecule has 26 heavy (non-hydrogen) atoms. The van der Waals surface area contributed by atoms with Gasteiger partial charge >= 0.3 is 0 Å². The SMILES string of the molecule is O=C([C@H]1CC=CCC1)N1CCC(c2nccn2Cc2cccnc2)CC1. The number of pyridine rings is 1. The van der Waals surface area contributed by atoms with Gasteiger partial charge in [-0.2, -0.15) is 0 Å². The topological polar surface area (TPSA) is 51.0 Å². The number of rotatable bonds is 4. The predicted molar refractivity (Wildman–Crippen MR) is 101 cm³/mol. The van der Waals surface area contributed by atoms with Crippen molar-refractivity contribution in [2.45, 2.75) is 44.6 Å². The molecule has 0 aromatic carbocycles. The lowest BCUT2D eigenvalue weighted by Gasteiger charge is -2.34.